The molecule has 1 N–H and O–H groups in total. The summed E-state index contributed by atoms with van der Waals surface area (Å²) in [4.78, 5) is 0. The fourth-order valence-electron chi connectivity index (χ4n) is 2.44. The third-order valence-corrected chi connectivity index (χ3v) is 3.81. The summed E-state index contributed by atoms with van der Waals surface area (Å²) in [6, 6.07) is 12.9. The second kappa shape index (κ2) is 6.87. The van der Waals surface area contributed by atoms with Crippen molar-refractivity contribution in [3.63, 3.8) is 0 Å². The van der Waals surface area contributed by atoms with Crippen LogP contribution in [0.2, 0.25) is 5.02 Å². The minimum Gasteiger partial charge on any atom is -0.319 e. The molecule has 2 rings (SSSR count). The molecule has 0 spiro atoms. The molecule has 0 fully saturated rings. The number of hydrogen-bond donors (Lipinski definition) is 1. The zero-order chi connectivity index (χ0) is 14.5. The molecule has 2 aromatic rings. The number of nitrogens with one attached hydrogen (secondary N) is 1. The van der Waals surface area contributed by atoms with Crippen LogP contribution in [-0.2, 0) is 6.42 Å². The molecule has 0 aliphatic heterocycles. The topological polar surface area (TPSA) is 12.0 Å². The first-order chi connectivity index (χ1) is 9.60. The van der Waals surface area contributed by atoms with Crippen molar-refractivity contribution in [1.82, 2.24) is 5.32 Å². The maximum Gasteiger partial charge on any atom is 0.123 e. The molecule has 0 heterocycles. The van der Waals surface area contributed by atoms with Crippen LogP contribution in [0.25, 0.3) is 0 Å². The Kier molecular flexibility index (Phi) is 5.16. The summed E-state index contributed by atoms with van der Waals surface area (Å²) in [5, 5.41) is 3.97. The predicted octanol–water partition coefficient (Wildman–Crippen LogP) is 4.33. The highest BCUT2D eigenvalue weighted by Gasteiger charge is 2.13. The average molecular weight is 292 g/mol. The van der Waals surface area contributed by atoms with Gasteiger partial charge in [0, 0.05) is 17.5 Å². The van der Waals surface area contributed by atoms with Gasteiger partial charge in [-0.1, -0.05) is 29.8 Å². The van der Waals surface area contributed by atoms with Crippen LogP contribution in [0.1, 0.15) is 22.6 Å². The van der Waals surface area contributed by atoms with Crippen molar-refractivity contribution in [3.05, 3.63) is 70.0 Å². The smallest absolute Gasteiger partial charge is 0.123 e. The molecule has 0 aromatic heterocycles. The summed E-state index contributed by atoms with van der Waals surface area (Å²) in [5.74, 6) is 0.171. The number of aryl methyl sites for hydroxylation is 1. The van der Waals surface area contributed by atoms with E-state index in [1.165, 1.54) is 17.2 Å². The fourth-order valence-corrected chi connectivity index (χ4v) is 2.57. The standard InChI is InChI=1S/C17H19ClFN/c1-12-9-17(19)8-5-14(12)10-15(11-20-2)13-3-6-16(18)7-4-13/h3-9,15,20H,10-11H2,1-2H3. The Balaban J connectivity index is 2.22. The molecule has 1 nitrogen and oxygen atoms in total. The minimum absolute atomic E-state index is 0.178. The molecule has 1 atom stereocenters. The Morgan fingerprint density at radius 2 is 1.85 bits per heavy atom. The van der Waals surface area contributed by atoms with Gasteiger partial charge in [0.05, 0.1) is 0 Å². The van der Waals surface area contributed by atoms with Gasteiger partial charge < -0.3 is 5.32 Å². The molecule has 0 radical (unpaired) electrons. The molecule has 3 heteroatoms. The van der Waals surface area contributed by atoms with E-state index in [1.807, 2.05) is 32.2 Å². The highest BCUT2D eigenvalue weighted by Crippen LogP contribution is 2.24. The molecular formula is C17H19ClFN. The first-order valence-electron chi connectivity index (χ1n) is 6.75. The molecule has 2 aromatic carbocycles. The summed E-state index contributed by atoms with van der Waals surface area (Å²) >= 11 is 5.94. The molecule has 0 aliphatic rings. The Morgan fingerprint density at radius 3 is 2.45 bits per heavy atom. The van der Waals surface area contributed by atoms with Gasteiger partial charge in [0.2, 0.25) is 0 Å². The van der Waals surface area contributed by atoms with E-state index in [-0.39, 0.29) is 5.82 Å². The molecular weight excluding hydrogens is 273 g/mol. The molecule has 0 saturated heterocycles. The lowest BCUT2D eigenvalue weighted by Crippen LogP contribution is -2.19. The van der Waals surface area contributed by atoms with E-state index in [0.717, 1.165) is 23.6 Å². The second-order valence-electron chi connectivity index (χ2n) is 5.08. The van der Waals surface area contributed by atoms with E-state index in [9.17, 15) is 4.39 Å². The maximum absolute atomic E-state index is 13.2. The third kappa shape index (κ3) is 3.81. The summed E-state index contributed by atoms with van der Waals surface area (Å²) < 4.78 is 13.2. The molecule has 106 valence electrons. The highest BCUT2D eigenvalue weighted by atomic mass is 35.5. The van der Waals surface area contributed by atoms with Crippen LogP contribution in [0.3, 0.4) is 0 Å². The first kappa shape index (κ1) is 15.0. The Morgan fingerprint density at radius 1 is 1.15 bits per heavy atom. The normalized spacial score (nSPS) is 12.4. The van der Waals surface area contributed by atoms with Crippen LogP contribution in [0.5, 0.6) is 0 Å². The number of halogens is 2. The van der Waals surface area contributed by atoms with Crippen molar-refractivity contribution in [3.8, 4) is 0 Å². The van der Waals surface area contributed by atoms with Crippen molar-refractivity contribution < 1.29 is 4.39 Å². The van der Waals surface area contributed by atoms with E-state index in [0.29, 0.717) is 5.92 Å². The highest BCUT2D eigenvalue weighted by molar-refractivity contribution is 6.30. The maximum atomic E-state index is 13.2. The lowest BCUT2D eigenvalue weighted by molar-refractivity contribution is 0.613. The lowest BCUT2D eigenvalue weighted by Gasteiger charge is -2.18. The Bertz CT molecular complexity index is 566. The van der Waals surface area contributed by atoms with Crippen LogP contribution in [0.15, 0.2) is 42.5 Å². The zero-order valence-electron chi connectivity index (χ0n) is 11.8. The summed E-state index contributed by atoms with van der Waals surface area (Å²) in [7, 11) is 1.94. The number of rotatable bonds is 5. The Labute approximate surface area is 124 Å². The van der Waals surface area contributed by atoms with Gasteiger partial charge in [0.1, 0.15) is 5.82 Å². The largest absolute Gasteiger partial charge is 0.319 e. The number of hydrogen-bond acceptors (Lipinski definition) is 1. The van der Waals surface area contributed by atoms with Crippen LogP contribution in [-0.4, -0.2) is 13.6 Å². The quantitative estimate of drug-likeness (QED) is 0.864. The van der Waals surface area contributed by atoms with Gasteiger partial charge in [0.25, 0.3) is 0 Å². The molecule has 0 aliphatic carbocycles. The van der Waals surface area contributed by atoms with Gasteiger partial charge >= 0.3 is 0 Å². The molecule has 0 saturated carbocycles. The van der Waals surface area contributed by atoms with Gasteiger partial charge in [-0.05, 0) is 61.3 Å². The zero-order valence-corrected chi connectivity index (χ0v) is 12.5. The number of likely N-dealkylation sites (N-methyl/N-ethyl adjacent to an activating group) is 1. The minimum atomic E-state index is -0.178. The van der Waals surface area contributed by atoms with Crippen molar-refractivity contribution in [2.45, 2.75) is 19.3 Å². The van der Waals surface area contributed by atoms with E-state index in [1.54, 1.807) is 6.07 Å². The number of benzene rings is 2. The fraction of sp³-hybridized carbons (Fsp3) is 0.294. The molecule has 0 amide bonds. The van der Waals surface area contributed by atoms with Crippen LogP contribution < -0.4 is 5.32 Å². The van der Waals surface area contributed by atoms with Gasteiger partial charge in [-0.3, -0.25) is 0 Å². The van der Waals surface area contributed by atoms with Gasteiger partial charge in [-0.2, -0.15) is 0 Å². The lowest BCUT2D eigenvalue weighted by atomic mass is 9.90. The van der Waals surface area contributed by atoms with Gasteiger partial charge in [-0.25, -0.2) is 4.39 Å². The van der Waals surface area contributed by atoms with E-state index >= 15 is 0 Å². The van der Waals surface area contributed by atoms with Crippen LogP contribution >= 0.6 is 11.6 Å². The average Bonchev–Trinajstić information content (AvgIpc) is 2.42. The summed E-state index contributed by atoms with van der Waals surface area (Å²) in [6.45, 7) is 2.83. The second-order valence-corrected chi connectivity index (χ2v) is 5.52. The van der Waals surface area contributed by atoms with E-state index in [4.69, 9.17) is 11.6 Å². The van der Waals surface area contributed by atoms with Crippen molar-refractivity contribution >= 4 is 11.6 Å². The van der Waals surface area contributed by atoms with Crippen molar-refractivity contribution in [1.29, 1.82) is 0 Å². The molecule has 1 unspecified atom stereocenters. The molecule has 0 bridgehead atoms. The molecule has 20 heavy (non-hydrogen) atoms. The predicted molar refractivity (Wildman–Crippen MR) is 83.0 cm³/mol. The summed E-state index contributed by atoms with van der Waals surface area (Å²) in [6.07, 6.45) is 0.884. The summed E-state index contributed by atoms with van der Waals surface area (Å²) in [5.41, 5.74) is 3.43. The monoisotopic (exact) mass is 291 g/mol. The van der Waals surface area contributed by atoms with E-state index < -0.39 is 0 Å². The van der Waals surface area contributed by atoms with Crippen molar-refractivity contribution in [2.24, 2.45) is 0 Å². The van der Waals surface area contributed by atoms with Crippen LogP contribution in [0.4, 0.5) is 4.39 Å². The van der Waals surface area contributed by atoms with Crippen LogP contribution in [0, 0.1) is 12.7 Å². The SMILES string of the molecule is CNCC(Cc1ccc(F)cc1C)c1ccc(Cl)cc1. The van der Waals surface area contributed by atoms with Gasteiger partial charge in [-0.15, -0.1) is 0 Å². The van der Waals surface area contributed by atoms with E-state index in [2.05, 4.69) is 17.4 Å². The third-order valence-electron chi connectivity index (χ3n) is 3.56. The van der Waals surface area contributed by atoms with Gasteiger partial charge in [0.15, 0.2) is 0 Å². The van der Waals surface area contributed by atoms with Crippen molar-refractivity contribution in [2.75, 3.05) is 13.6 Å². The Hall–Kier alpha value is -1.38. The first-order valence-corrected chi connectivity index (χ1v) is 7.13.